The van der Waals surface area contributed by atoms with Crippen LogP contribution < -0.4 is 24.4 Å². The van der Waals surface area contributed by atoms with Crippen LogP contribution in [-0.4, -0.2) is 32.0 Å². The van der Waals surface area contributed by atoms with Crippen molar-refractivity contribution in [1.82, 2.24) is 0 Å². The first-order valence-electron chi connectivity index (χ1n) is 15.6. The predicted molar refractivity (Wildman–Crippen MR) is 189 cm³/mol. The molecule has 0 saturated heterocycles. The van der Waals surface area contributed by atoms with Gasteiger partial charge in [0, 0.05) is 22.9 Å². The first-order chi connectivity index (χ1) is 23.0. The first kappa shape index (κ1) is 36.0. The van der Waals surface area contributed by atoms with Crippen molar-refractivity contribution < 1.29 is 33.3 Å². The van der Waals surface area contributed by atoms with E-state index in [2.05, 4.69) is 26.1 Å². The number of phenolic OH excluding ortho intramolecular Hbond substituents is 1. The predicted octanol–water partition coefficient (Wildman–Crippen LogP) is 8.85. The molecule has 0 radical (unpaired) electrons. The second kappa shape index (κ2) is 15.8. The van der Waals surface area contributed by atoms with Crippen LogP contribution in [-0.2, 0) is 22.6 Å². The standard InChI is InChI=1S/C37H41FN2O5S.CH2O/c1-7-37(3,4)20-30-23(2)36(28-13-11-27(19-29(28)38)45-21-24-15-16-46-22-24)40(31-9-8-10-32(41)35(31)39-30)34(42)18-25-17-26(43-5)12-14-33(25)44-6;1-2/h8-17,19,22,36,39,41H,7,18,20-21H2,1-6H3;1H2/t36-;/m1./s1. The highest BCUT2D eigenvalue weighted by molar-refractivity contribution is 7.07. The molecule has 0 fully saturated rings. The van der Waals surface area contributed by atoms with E-state index in [1.165, 1.54) is 6.07 Å². The highest BCUT2D eigenvalue weighted by Crippen LogP contribution is 2.48. The van der Waals surface area contributed by atoms with E-state index in [0.717, 1.165) is 23.3 Å². The molecule has 0 unspecified atom stereocenters. The number of halogens is 1. The minimum atomic E-state index is -0.826. The van der Waals surface area contributed by atoms with Gasteiger partial charge in [-0.3, -0.25) is 9.69 Å². The van der Waals surface area contributed by atoms with Crippen molar-refractivity contribution in [1.29, 1.82) is 0 Å². The number of nitrogens with zero attached hydrogens (tertiary/aromatic N) is 1. The highest BCUT2D eigenvalue weighted by Gasteiger charge is 2.37. The molecule has 0 saturated carbocycles. The molecular formula is C38H43FN2O6S. The van der Waals surface area contributed by atoms with Crippen LogP contribution in [0.15, 0.2) is 82.7 Å². The Bertz CT molecular complexity index is 1750. The molecule has 4 aromatic rings. The average molecular weight is 675 g/mol. The summed E-state index contributed by atoms with van der Waals surface area (Å²) in [5.74, 6) is 0.697. The zero-order valence-corrected chi connectivity index (χ0v) is 29.1. The molecule has 48 heavy (non-hydrogen) atoms. The molecule has 10 heteroatoms. The fourth-order valence-corrected chi connectivity index (χ4v) is 6.32. The Labute approximate surface area is 285 Å². The van der Waals surface area contributed by atoms with Gasteiger partial charge in [0.05, 0.1) is 32.4 Å². The van der Waals surface area contributed by atoms with Crippen LogP contribution >= 0.6 is 11.3 Å². The molecule has 8 nitrogen and oxygen atoms in total. The lowest BCUT2D eigenvalue weighted by molar-refractivity contribution is -0.118. The van der Waals surface area contributed by atoms with Gasteiger partial charge in [0.1, 0.15) is 47.9 Å². The number of hydrogen-bond donors (Lipinski definition) is 2. The van der Waals surface area contributed by atoms with Gasteiger partial charge >= 0.3 is 0 Å². The number of fused-ring (bicyclic) bond motifs is 1. The Morgan fingerprint density at radius 2 is 1.81 bits per heavy atom. The fraction of sp³-hybridized carbons (Fsp3) is 0.316. The van der Waals surface area contributed by atoms with E-state index in [0.29, 0.717) is 52.8 Å². The van der Waals surface area contributed by atoms with Crippen LogP contribution in [0.25, 0.3) is 0 Å². The number of anilines is 2. The number of carbonyl (C=O) groups excluding carboxylic acids is 2. The number of rotatable bonds is 11. The minimum absolute atomic E-state index is 0.00725. The summed E-state index contributed by atoms with van der Waals surface area (Å²) in [6.45, 7) is 10.7. The summed E-state index contributed by atoms with van der Waals surface area (Å²) in [7, 11) is 3.11. The zero-order chi connectivity index (χ0) is 35.0. The second-order valence-corrected chi connectivity index (χ2v) is 13.1. The maximum Gasteiger partial charge on any atom is 0.232 e. The summed E-state index contributed by atoms with van der Waals surface area (Å²) in [5.41, 5.74) is 4.27. The molecule has 3 aromatic carbocycles. The first-order valence-corrected chi connectivity index (χ1v) is 16.5. The topological polar surface area (TPSA) is 97.3 Å². The van der Waals surface area contributed by atoms with Crippen molar-refractivity contribution in [2.45, 2.75) is 59.6 Å². The van der Waals surface area contributed by atoms with Gasteiger partial charge in [0.25, 0.3) is 0 Å². The van der Waals surface area contributed by atoms with Gasteiger partial charge < -0.3 is 29.4 Å². The van der Waals surface area contributed by atoms with Crippen molar-refractivity contribution in [2.24, 2.45) is 5.41 Å². The molecule has 254 valence electrons. The lowest BCUT2D eigenvalue weighted by atomic mass is 9.83. The van der Waals surface area contributed by atoms with Crippen LogP contribution in [0.5, 0.6) is 23.0 Å². The van der Waals surface area contributed by atoms with Crippen molar-refractivity contribution in [3.05, 3.63) is 105 Å². The molecule has 1 atom stereocenters. The van der Waals surface area contributed by atoms with Gasteiger partial charge in [-0.25, -0.2) is 4.39 Å². The van der Waals surface area contributed by atoms with E-state index in [-0.39, 0.29) is 23.5 Å². The average Bonchev–Trinajstić information content (AvgIpc) is 3.58. The molecule has 1 amide bonds. The van der Waals surface area contributed by atoms with E-state index < -0.39 is 11.9 Å². The van der Waals surface area contributed by atoms with E-state index in [1.54, 1.807) is 79.0 Å². The summed E-state index contributed by atoms with van der Waals surface area (Å²) in [5, 5.41) is 18.5. The van der Waals surface area contributed by atoms with Gasteiger partial charge in [-0.15, -0.1) is 0 Å². The SMILES string of the molecule is C=O.CCC(C)(C)CC1=C(C)[C@H](c2ccc(OCc3ccsc3)cc2F)N(C(=O)Cc2cc(OC)ccc2OC)c2cccc(O)c2N1. The van der Waals surface area contributed by atoms with Crippen LogP contribution in [0, 0.1) is 11.2 Å². The number of hydrogen-bond acceptors (Lipinski definition) is 8. The normalized spacial score (nSPS) is 14.2. The van der Waals surface area contributed by atoms with E-state index in [4.69, 9.17) is 19.0 Å². The number of thiophene rings is 1. The third-order valence-electron chi connectivity index (χ3n) is 8.66. The number of amides is 1. The van der Waals surface area contributed by atoms with Crippen LogP contribution in [0.3, 0.4) is 0 Å². The number of para-hydroxylation sites is 1. The summed E-state index contributed by atoms with van der Waals surface area (Å²) in [6, 6.07) is 16.3. The molecule has 1 aliphatic rings. The number of allylic oxidation sites excluding steroid dienone is 1. The third-order valence-corrected chi connectivity index (χ3v) is 9.39. The Morgan fingerprint density at radius 1 is 1.06 bits per heavy atom. The fourth-order valence-electron chi connectivity index (χ4n) is 5.67. The Balaban J connectivity index is 0.00000255. The summed E-state index contributed by atoms with van der Waals surface area (Å²) < 4.78 is 33.2. The zero-order valence-electron chi connectivity index (χ0n) is 28.3. The molecule has 2 heterocycles. The highest BCUT2D eigenvalue weighted by atomic mass is 32.1. The maximum atomic E-state index is 16.3. The molecule has 1 aromatic heterocycles. The minimum Gasteiger partial charge on any atom is -0.506 e. The molecule has 0 bridgehead atoms. The van der Waals surface area contributed by atoms with Gasteiger partial charge in [-0.05, 0) is 89.2 Å². The quantitative estimate of drug-likeness (QED) is 0.154. The number of phenols is 1. The second-order valence-electron chi connectivity index (χ2n) is 12.3. The summed E-state index contributed by atoms with van der Waals surface area (Å²) in [6.07, 6.45) is 1.46. The van der Waals surface area contributed by atoms with Gasteiger partial charge in [-0.2, -0.15) is 11.3 Å². The molecule has 0 aliphatic carbocycles. The molecule has 0 spiro atoms. The molecule has 2 N–H and O–H groups in total. The molecule has 1 aliphatic heterocycles. The number of benzene rings is 3. The number of carbonyl (C=O) groups is 2. The van der Waals surface area contributed by atoms with Gasteiger partial charge in [0.2, 0.25) is 5.91 Å². The van der Waals surface area contributed by atoms with Crippen LogP contribution in [0.2, 0.25) is 0 Å². The number of methoxy groups -OCH3 is 2. The monoisotopic (exact) mass is 674 g/mol. The smallest absolute Gasteiger partial charge is 0.232 e. The molecular weight excluding hydrogens is 631 g/mol. The van der Waals surface area contributed by atoms with Crippen molar-refractivity contribution in [2.75, 3.05) is 24.4 Å². The van der Waals surface area contributed by atoms with E-state index >= 15 is 4.39 Å². The maximum absolute atomic E-state index is 16.3. The lowest BCUT2D eigenvalue weighted by Gasteiger charge is -2.33. The van der Waals surface area contributed by atoms with Crippen LogP contribution in [0.1, 0.15) is 63.3 Å². The number of nitrogens with one attached hydrogen (secondary N) is 1. The van der Waals surface area contributed by atoms with Gasteiger partial charge in [0.15, 0.2) is 0 Å². The van der Waals surface area contributed by atoms with Crippen molar-refractivity contribution in [3.63, 3.8) is 0 Å². The lowest BCUT2D eigenvalue weighted by Crippen LogP contribution is -2.37. The number of aromatic hydroxyl groups is 1. The van der Waals surface area contributed by atoms with Crippen molar-refractivity contribution in [3.8, 4) is 23.0 Å². The Hall–Kier alpha value is -4.83. The third kappa shape index (κ3) is 7.99. The van der Waals surface area contributed by atoms with Crippen LogP contribution in [0.4, 0.5) is 15.8 Å². The molecule has 5 rings (SSSR count). The van der Waals surface area contributed by atoms with E-state index in [1.807, 2.05) is 30.5 Å². The Kier molecular flexibility index (Phi) is 11.9. The summed E-state index contributed by atoms with van der Waals surface area (Å²) in [4.78, 5) is 24.2. The van der Waals surface area contributed by atoms with Gasteiger partial charge in [-0.1, -0.05) is 33.3 Å². The summed E-state index contributed by atoms with van der Waals surface area (Å²) >= 11 is 1.57. The largest absolute Gasteiger partial charge is 0.506 e. The number of ether oxygens (including phenoxy) is 3. The van der Waals surface area contributed by atoms with Crippen molar-refractivity contribution >= 4 is 35.4 Å². The van der Waals surface area contributed by atoms with E-state index in [9.17, 15) is 9.90 Å². The Morgan fingerprint density at radius 3 is 2.46 bits per heavy atom.